The SMILES string of the molecule is O=C(C1CC1)N1CC[C@@H](CN2C(=O)C3(CC3)N=C2c2ccc(-c3ccc4occc4c3)cn2)C1. The third-order valence-electron chi connectivity index (χ3n) is 7.69. The molecule has 34 heavy (non-hydrogen) atoms. The fraction of sp³-hybridized carbons (Fsp3) is 0.407. The number of likely N-dealkylation sites (tertiary alicyclic amines) is 1. The molecule has 2 amide bonds. The zero-order valence-corrected chi connectivity index (χ0v) is 18.9. The van der Waals surface area contributed by atoms with Gasteiger partial charge in [0.1, 0.15) is 16.8 Å². The molecular weight excluding hydrogens is 428 g/mol. The average Bonchev–Trinajstić information content (AvgIpc) is 3.74. The number of aromatic nitrogens is 1. The first-order valence-corrected chi connectivity index (χ1v) is 12.2. The summed E-state index contributed by atoms with van der Waals surface area (Å²) in [5.41, 5.74) is 3.11. The molecule has 2 aliphatic heterocycles. The van der Waals surface area contributed by atoms with Crippen molar-refractivity contribution in [3.63, 3.8) is 0 Å². The average molecular weight is 455 g/mol. The van der Waals surface area contributed by atoms with Crippen LogP contribution < -0.4 is 0 Å². The van der Waals surface area contributed by atoms with E-state index < -0.39 is 5.54 Å². The van der Waals surface area contributed by atoms with Crippen molar-refractivity contribution in [1.82, 2.24) is 14.8 Å². The second kappa shape index (κ2) is 7.26. The van der Waals surface area contributed by atoms with Gasteiger partial charge in [-0.3, -0.25) is 19.5 Å². The summed E-state index contributed by atoms with van der Waals surface area (Å²) in [7, 11) is 0. The molecule has 7 nitrogen and oxygen atoms in total. The van der Waals surface area contributed by atoms with Crippen LogP contribution in [0.1, 0.15) is 37.8 Å². The summed E-state index contributed by atoms with van der Waals surface area (Å²) < 4.78 is 5.44. The van der Waals surface area contributed by atoms with Crippen LogP contribution in [0.4, 0.5) is 0 Å². The number of pyridine rings is 1. The van der Waals surface area contributed by atoms with E-state index >= 15 is 0 Å². The number of rotatable bonds is 5. The summed E-state index contributed by atoms with van der Waals surface area (Å²) >= 11 is 0. The van der Waals surface area contributed by atoms with Gasteiger partial charge in [-0.15, -0.1) is 0 Å². The standard InChI is InChI=1S/C27H26N4O3/c32-25(18-1-2-18)30-11-7-17(15-30)16-31-24(29-27(9-10-27)26(31)33)22-5-3-21(14-28-22)19-4-6-23-20(13-19)8-12-34-23/h3-6,8,12-14,17-18H,1-2,7,9-11,15-16H2/t17-/m1/s1. The minimum absolute atomic E-state index is 0.103. The summed E-state index contributed by atoms with van der Waals surface area (Å²) in [5, 5.41) is 1.06. The predicted octanol–water partition coefficient (Wildman–Crippen LogP) is 3.87. The maximum absolute atomic E-state index is 13.3. The zero-order chi connectivity index (χ0) is 22.9. The Morgan fingerprint density at radius 3 is 2.71 bits per heavy atom. The van der Waals surface area contributed by atoms with Crippen molar-refractivity contribution in [3.8, 4) is 11.1 Å². The Kier molecular flexibility index (Phi) is 4.26. The van der Waals surface area contributed by atoms with Gasteiger partial charge < -0.3 is 9.32 Å². The lowest BCUT2D eigenvalue weighted by Gasteiger charge is -2.23. The first-order valence-electron chi connectivity index (χ1n) is 12.2. The van der Waals surface area contributed by atoms with E-state index in [0.29, 0.717) is 18.3 Å². The normalized spacial score (nSPS) is 23.2. The highest BCUT2D eigenvalue weighted by Gasteiger charge is 2.57. The highest BCUT2D eigenvalue weighted by atomic mass is 16.3. The lowest BCUT2D eigenvalue weighted by Crippen LogP contribution is -2.41. The van der Waals surface area contributed by atoms with E-state index in [1.165, 1.54) is 0 Å². The number of benzene rings is 1. The van der Waals surface area contributed by atoms with E-state index in [-0.39, 0.29) is 17.7 Å². The van der Waals surface area contributed by atoms with Gasteiger partial charge in [0.25, 0.3) is 5.91 Å². The Bertz CT molecular complexity index is 1330. The molecule has 1 atom stereocenters. The Balaban J connectivity index is 1.12. The summed E-state index contributed by atoms with van der Waals surface area (Å²) in [6.07, 6.45) is 8.16. The molecule has 0 radical (unpaired) electrons. The number of fused-ring (bicyclic) bond motifs is 1. The molecule has 4 heterocycles. The number of furan rings is 1. The zero-order valence-electron chi connectivity index (χ0n) is 18.9. The van der Waals surface area contributed by atoms with Crippen LogP contribution in [-0.4, -0.2) is 57.6 Å². The van der Waals surface area contributed by atoms with Crippen molar-refractivity contribution in [2.24, 2.45) is 16.8 Å². The smallest absolute Gasteiger partial charge is 0.256 e. The van der Waals surface area contributed by atoms with Crippen LogP contribution >= 0.6 is 0 Å². The molecule has 0 bridgehead atoms. The molecule has 1 aromatic carbocycles. The van der Waals surface area contributed by atoms with E-state index in [9.17, 15) is 9.59 Å². The molecule has 1 saturated heterocycles. The Morgan fingerprint density at radius 2 is 1.94 bits per heavy atom. The number of amidine groups is 1. The Morgan fingerprint density at radius 1 is 1.09 bits per heavy atom. The van der Waals surface area contributed by atoms with Crippen molar-refractivity contribution in [1.29, 1.82) is 0 Å². The van der Waals surface area contributed by atoms with Crippen LogP contribution in [0.15, 0.2) is 58.3 Å². The van der Waals surface area contributed by atoms with Crippen LogP contribution in [0.3, 0.4) is 0 Å². The molecule has 4 aliphatic rings. The maximum Gasteiger partial charge on any atom is 0.256 e. The van der Waals surface area contributed by atoms with Crippen molar-refractivity contribution in [2.75, 3.05) is 19.6 Å². The summed E-state index contributed by atoms with van der Waals surface area (Å²) in [6.45, 7) is 2.14. The van der Waals surface area contributed by atoms with Gasteiger partial charge in [-0.2, -0.15) is 0 Å². The summed E-state index contributed by atoms with van der Waals surface area (Å²) in [5.74, 6) is 1.62. The van der Waals surface area contributed by atoms with Gasteiger partial charge in [-0.1, -0.05) is 12.1 Å². The van der Waals surface area contributed by atoms with Crippen molar-refractivity contribution >= 4 is 28.6 Å². The highest BCUT2D eigenvalue weighted by molar-refractivity contribution is 6.15. The molecule has 1 spiro atoms. The Labute approximate surface area is 197 Å². The number of hydrogen-bond acceptors (Lipinski definition) is 5. The molecule has 0 N–H and O–H groups in total. The van der Waals surface area contributed by atoms with Gasteiger partial charge in [0.05, 0.1) is 6.26 Å². The molecule has 2 saturated carbocycles. The fourth-order valence-electron chi connectivity index (χ4n) is 5.34. The molecule has 7 heteroatoms. The minimum Gasteiger partial charge on any atom is -0.464 e. The van der Waals surface area contributed by atoms with Gasteiger partial charge in [-0.25, -0.2) is 4.99 Å². The van der Waals surface area contributed by atoms with Crippen LogP contribution in [0.2, 0.25) is 0 Å². The molecule has 7 rings (SSSR count). The molecule has 172 valence electrons. The van der Waals surface area contributed by atoms with Gasteiger partial charge in [-0.05, 0) is 67.9 Å². The van der Waals surface area contributed by atoms with Gasteiger partial charge in [0.15, 0.2) is 5.84 Å². The van der Waals surface area contributed by atoms with Gasteiger partial charge in [0.2, 0.25) is 5.91 Å². The third-order valence-corrected chi connectivity index (χ3v) is 7.69. The van der Waals surface area contributed by atoms with Crippen molar-refractivity contribution in [3.05, 3.63) is 54.6 Å². The van der Waals surface area contributed by atoms with Crippen LogP contribution in [0.5, 0.6) is 0 Å². The molecule has 3 aromatic rings. The summed E-state index contributed by atoms with van der Waals surface area (Å²) in [4.78, 5) is 39.2. The highest BCUT2D eigenvalue weighted by Crippen LogP contribution is 2.46. The predicted molar refractivity (Wildman–Crippen MR) is 127 cm³/mol. The van der Waals surface area contributed by atoms with Crippen molar-refractivity contribution < 1.29 is 14.0 Å². The van der Waals surface area contributed by atoms with E-state index in [1.807, 2.05) is 46.3 Å². The maximum atomic E-state index is 13.3. The van der Waals surface area contributed by atoms with E-state index in [2.05, 4.69) is 6.07 Å². The third kappa shape index (κ3) is 3.25. The lowest BCUT2D eigenvalue weighted by atomic mass is 10.1. The number of hydrogen-bond donors (Lipinski definition) is 0. The van der Waals surface area contributed by atoms with Crippen LogP contribution in [0.25, 0.3) is 22.1 Å². The molecule has 3 fully saturated rings. The van der Waals surface area contributed by atoms with E-state index in [1.54, 1.807) is 6.26 Å². The fourth-order valence-corrected chi connectivity index (χ4v) is 5.34. The quantitative estimate of drug-likeness (QED) is 0.586. The number of carbonyl (C=O) groups is 2. The number of aliphatic imine (C=N–C) groups is 1. The lowest BCUT2D eigenvalue weighted by molar-refractivity contribution is -0.131. The van der Waals surface area contributed by atoms with E-state index in [4.69, 9.17) is 14.4 Å². The summed E-state index contributed by atoms with van der Waals surface area (Å²) in [6, 6.07) is 12.0. The molecular formula is C27H26N4O3. The minimum atomic E-state index is -0.565. The second-order valence-corrected chi connectivity index (χ2v) is 10.2. The van der Waals surface area contributed by atoms with Gasteiger partial charge >= 0.3 is 0 Å². The molecule has 0 unspecified atom stereocenters. The number of carbonyl (C=O) groups excluding carboxylic acids is 2. The van der Waals surface area contributed by atoms with E-state index in [0.717, 1.165) is 73.0 Å². The topological polar surface area (TPSA) is 79.0 Å². The second-order valence-electron chi connectivity index (χ2n) is 10.2. The monoisotopic (exact) mass is 454 g/mol. The number of nitrogens with zero attached hydrogens (tertiary/aromatic N) is 4. The number of amides is 2. The van der Waals surface area contributed by atoms with Gasteiger partial charge in [0, 0.05) is 42.7 Å². The van der Waals surface area contributed by atoms with Crippen molar-refractivity contribution in [2.45, 2.75) is 37.6 Å². The largest absolute Gasteiger partial charge is 0.464 e. The first-order chi connectivity index (χ1) is 16.6. The molecule has 2 aliphatic carbocycles. The Hall–Kier alpha value is -3.48. The van der Waals surface area contributed by atoms with Crippen LogP contribution in [0, 0.1) is 11.8 Å². The first kappa shape index (κ1) is 19.9. The van der Waals surface area contributed by atoms with Crippen LogP contribution in [-0.2, 0) is 9.59 Å². The molecule has 2 aromatic heterocycles.